The van der Waals surface area contributed by atoms with Crippen LogP contribution in [0.4, 0.5) is 0 Å². The fourth-order valence-electron chi connectivity index (χ4n) is 2.08. The van der Waals surface area contributed by atoms with Crippen LogP contribution in [0.5, 0.6) is 5.75 Å². The molecule has 0 fully saturated rings. The van der Waals surface area contributed by atoms with E-state index in [1.807, 2.05) is 0 Å². The molecule has 0 saturated heterocycles. The third-order valence-electron chi connectivity index (χ3n) is 3.20. The molecule has 1 N–H and O–H groups in total. The van der Waals surface area contributed by atoms with Gasteiger partial charge in [-0.25, -0.2) is 0 Å². The maximum atomic E-state index is 5.44. The Labute approximate surface area is 111 Å². The lowest BCUT2D eigenvalue weighted by atomic mass is 10.0. The first-order chi connectivity index (χ1) is 8.62. The highest BCUT2D eigenvalue weighted by Gasteiger charge is 2.14. The number of terminal acetylenes is 1. The average molecular weight is 245 g/mol. The van der Waals surface area contributed by atoms with Crippen molar-refractivity contribution in [3.63, 3.8) is 0 Å². The number of hydrogen-bond acceptors (Lipinski definition) is 2. The van der Waals surface area contributed by atoms with Crippen LogP contribution in [0, 0.1) is 19.3 Å². The molecule has 0 amide bonds. The van der Waals surface area contributed by atoms with Crippen molar-refractivity contribution >= 4 is 0 Å². The van der Waals surface area contributed by atoms with Crippen molar-refractivity contribution in [2.24, 2.45) is 0 Å². The average Bonchev–Trinajstić information content (AvgIpc) is 2.37. The Morgan fingerprint density at radius 3 is 2.72 bits per heavy atom. The first-order valence-corrected chi connectivity index (χ1v) is 6.46. The summed E-state index contributed by atoms with van der Waals surface area (Å²) < 4.78 is 5.44. The minimum absolute atomic E-state index is 0.235. The molecule has 0 saturated carbocycles. The van der Waals surface area contributed by atoms with Gasteiger partial charge < -0.3 is 10.1 Å². The van der Waals surface area contributed by atoms with Crippen LogP contribution in [-0.2, 0) is 0 Å². The molecule has 2 unspecified atom stereocenters. The second kappa shape index (κ2) is 7.08. The van der Waals surface area contributed by atoms with E-state index in [0.29, 0.717) is 6.04 Å². The van der Waals surface area contributed by atoms with E-state index >= 15 is 0 Å². The van der Waals surface area contributed by atoms with Crippen molar-refractivity contribution in [1.29, 1.82) is 0 Å². The van der Waals surface area contributed by atoms with Crippen LogP contribution in [0.3, 0.4) is 0 Å². The van der Waals surface area contributed by atoms with E-state index in [9.17, 15) is 0 Å². The third-order valence-corrected chi connectivity index (χ3v) is 3.20. The molecule has 0 aliphatic rings. The first-order valence-electron chi connectivity index (χ1n) is 6.46. The second-order valence-corrected chi connectivity index (χ2v) is 4.65. The summed E-state index contributed by atoms with van der Waals surface area (Å²) in [5, 5.41) is 3.56. The molecule has 0 radical (unpaired) electrons. The standard InChI is InChI=1S/C16H23NO/c1-6-8-14(7-2)17-13(4)15-10-9-12(3)11-16(15)18-5/h1,9-11,13-14,17H,7-8H2,2-5H3. The van der Waals surface area contributed by atoms with Crippen LogP contribution in [0.2, 0.25) is 0 Å². The van der Waals surface area contributed by atoms with Gasteiger partial charge in [-0.3, -0.25) is 0 Å². The lowest BCUT2D eigenvalue weighted by Crippen LogP contribution is -2.30. The number of hydrogen-bond donors (Lipinski definition) is 1. The van der Waals surface area contributed by atoms with Gasteiger partial charge in [-0.2, -0.15) is 0 Å². The molecule has 18 heavy (non-hydrogen) atoms. The maximum absolute atomic E-state index is 5.44. The molecule has 2 atom stereocenters. The van der Waals surface area contributed by atoms with Gasteiger partial charge >= 0.3 is 0 Å². The fraction of sp³-hybridized carbons (Fsp3) is 0.500. The smallest absolute Gasteiger partial charge is 0.123 e. The minimum Gasteiger partial charge on any atom is -0.496 e. The summed E-state index contributed by atoms with van der Waals surface area (Å²) in [5.41, 5.74) is 2.39. The molecule has 2 nitrogen and oxygen atoms in total. The largest absolute Gasteiger partial charge is 0.496 e. The van der Waals surface area contributed by atoms with Gasteiger partial charge in [0, 0.05) is 24.1 Å². The topological polar surface area (TPSA) is 21.3 Å². The first kappa shape index (κ1) is 14.6. The van der Waals surface area contributed by atoms with Gasteiger partial charge in [0.15, 0.2) is 0 Å². The monoisotopic (exact) mass is 245 g/mol. The predicted octanol–water partition coefficient (Wildman–Crippen LogP) is 3.46. The van der Waals surface area contributed by atoms with E-state index in [-0.39, 0.29) is 6.04 Å². The molecule has 1 aromatic carbocycles. The van der Waals surface area contributed by atoms with Crippen molar-refractivity contribution in [1.82, 2.24) is 5.32 Å². The van der Waals surface area contributed by atoms with Crippen LogP contribution >= 0.6 is 0 Å². The van der Waals surface area contributed by atoms with Crippen molar-refractivity contribution in [2.75, 3.05) is 7.11 Å². The summed E-state index contributed by atoms with van der Waals surface area (Å²) in [6, 6.07) is 6.89. The zero-order valence-corrected chi connectivity index (χ0v) is 11.8. The van der Waals surface area contributed by atoms with Crippen LogP contribution in [-0.4, -0.2) is 13.2 Å². The van der Waals surface area contributed by atoms with E-state index in [4.69, 9.17) is 11.2 Å². The van der Waals surface area contributed by atoms with Crippen molar-refractivity contribution in [3.05, 3.63) is 29.3 Å². The zero-order chi connectivity index (χ0) is 13.5. The molecule has 1 rings (SSSR count). The molecule has 1 aromatic rings. The van der Waals surface area contributed by atoms with Gasteiger partial charge in [-0.15, -0.1) is 12.3 Å². The van der Waals surface area contributed by atoms with Gasteiger partial charge in [0.1, 0.15) is 5.75 Å². The molecule has 98 valence electrons. The Kier molecular flexibility index (Phi) is 5.74. The number of benzene rings is 1. The highest BCUT2D eigenvalue weighted by Crippen LogP contribution is 2.26. The Hall–Kier alpha value is -1.46. The second-order valence-electron chi connectivity index (χ2n) is 4.65. The van der Waals surface area contributed by atoms with Crippen LogP contribution in [0.15, 0.2) is 18.2 Å². The highest BCUT2D eigenvalue weighted by atomic mass is 16.5. The van der Waals surface area contributed by atoms with Gasteiger partial charge in [-0.1, -0.05) is 19.1 Å². The van der Waals surface area contributed by atoms with Gasteiger partial charge in [0.05, 0.1) is 7.11 Å². The van der Waals surface area contributed by atoms with Gasteiger partial charge in [-0.05, 0) is 31.9 Å². The summed E-state index contributed by atoms with van der Waals surface area (Å²) in [4.78, 5) is 0. The van der Waals surface area contributed by atoms with Gasteiger partial charge in [0.2, 0.25) is 0 Å². The molecule has 0 bridgehead atoms. The van der Waals surface area contributed by atoms with Crippen LogP contribution < -0.4 is 10.1 Å². The Morgan fingerprint density at radius 1 is 1.44 bits per heavy atom. The minimum atomic E-state index is 0.235. The van der Waals surface area contributed by atoms with Crippen molar-refractivity contribution in [2.45, 2.75) is 45.7 Å². The lowest BCUT2D eigenvalue weighted by molar-refractivity contribution is 0.390. The normalized spacial score (nSPS) is 13.7. The lowest BCUT2D eigenvalue weighted by Gasteiger charge is -2.22. The number of methoxy groups -OCH3 is 1. The van der Waals surface area contributed by atoms with E-state index in [2.05, 4.69) is 50.2 Å². The summed E-state index contributed by atoms with van der Waals surface area (Å²) in [7, 11) is 1.71. The molecule has 0 aliphatic carbocycles. The summed E-state index contributed by atoms with van der Waals surface area (Å²) >= 11 is 0. The molecule has 2 heteroatoms. The predicted molar refractivity (Wildman–Crippen MR) is 76.8 cm³/mol. The third kappa shape index (κ3) is 3.78. The van der Waals surface area contributed by atoms with E-state index < -0.39 is 0 Å². The Morgan fingerprint density at radius 2 is 2.17 bits per heavy atom. The molecule has 0 aromatic heterocycles. The Balaban J connectivity index is 2.83. The quantitative estimate of drug-likeness (QED) is 0.775. The number of nitrogens with one attached hydrogen (secondary N) is 1. The van der Waals surface area contributed by atoms with Crippen LogP contribution in [0.1, 0.15) is 43.9 Å². The van der Waals surface area contributed by atoms with E-state index in [0.717, 1.165) is 18.6 Å². The van der Waals surface area contributed by atoms with E-state index in [1.165, 1.54) is 11.1 Å². The number of rotatable bonds is 6. The molecular formula is C16H23NO. The summed E-state index contributed by atoms with van der Waals surface area (Å²) in [6.45, 7) is 6.36. The molecule has 0 aliphatic heterocycles. The van der Waals surface area contributed by atoms with Gasteiger partial charge in [0.25, 0.3) is 0 Å². The molecule has 0 spiro atoms. The van der Waals surface area contributed by atoms with Crippen LogP contribution in [0.25, 0.3) is 0 Å². The SMILES string of the molecule is C#CCC(CC)NC(C)c1ccc(C)cc1OC. The number of aryl methyl sites for hydroxylation is 1. The summed E-state index contributed by atoms with van der Waals surface area (Å²) in [6.07, 6.45) is 7.17. The van der Waals surface area contributed by atoms with E-state index in [1.54, 1.807) is 7.11 Å². The molecular weight excluding hydrogens is 222 g/mol. The van der Waals surface area contributed by atoms with Crippen molar-refractivity contribution in [3.8, 4) is 18.1 Å². The zero-order valence-electron chi connectivity index (χ0n) is 11.8. The Bertz CT molecular complexity index is 420. The molecule has 0 heterocycles. The number of ether oxygens (including phenoxy) is 1. The van der Waals surface area contributed by atoms with Crippen molar-refractivity contribution < 1.29 is 4.74 Å². The fourth-order valence-corrected chi connectivity index (χ4v) is 2.08. The maximum Gasteiger partial charge on any atom is 0.123 e. The summed E-state index contributed by atoms with van der Waals surface area (Å²) in [5.74, 6) is 3.66. The highest BCUT2D eigenvalue weighted by molar-refractivity contribution is 5.39.